The molecular formula is C16H18FNO3. The highest BCUT2D eigenvalue weighted by Gasteiger charge is 2.37. The molecule has 1 saturated carbocycles. The largest absolute Gasteiger partial charge is 0.384 e. The molecule has 1 aromatic rings. The van der Waals surface area contributed by atoms with Crippen LogP contribution < -0.4 is 5.32 Å². The van der Waals surface area contributed by atoms with E-state index in [1.54, 1.807) is 7.11 Å². The van der Waals surface area contributed by atoms with E-state index in [1.165, 1.54) is 18.2 Å². The summed E-state index contributed by atoms with van der Waals surface area (Å²) in [7, 11) is 1.62. The van der Waals surface area contributed by atoms with Crippen molar-refractivity contribution in [3.8, 4) is 11.8 Å². The standard InChI is InChI=1S/C16H18FNO3/c1-21-16(7-3-8-16)11-18-15(20)13-10-12(4-2-9-19)5-6-14(13)17/h5-6,10,19H,3,7-9,11H2,1H3,(H,18,20). The zero-order valence-corrected chi connectivity index (χ0v) is 11.9. The van der Waals surface area contributed by atoms with Crippen LogP contribution in [0.2, 0.25) is 0 Å². The third kappa shape index (κ3) is 3.60. The lowest BCUT2D eigenvalue weighted by Gasteiger charge is -2.40. The number of methoxy groups -OCH3 is 1. The average Bonchev–Trinajstić information content (AvgIpc) is 2.45. The summed E-state index contributed by atoms with van der Waals surface area (Å²) in [6.45, 7) is 0.0869. The molecule has 0 bridgehead atoms. The van der Waals surface area contributed by atoms with Crippen molar-refractivity contribution in [2.75, 3.05) is 20.3 Å². The highest BCUT2D eigenvalue weighted by atomic mass is 19.1. The summed E-state index contributed by atoms with van der Waals surface area (Å²) < 4.78 is 19.2. The maximum absolute atomic E-state index is 13.8. The van der Waals surface area contributed by atoms with Gasteiger partial charge in [0.25, 0.3) is 5.91 Å². The molecule has 0 heterocycles. The van der Waals surface area contributed by atoms with E-state index in [9.17, 15) is 9.18 Å². The summed E-state index contributed by atoms with van der Waals surface area (Å²) in [4.78, 5) is 12.1. The second-order valence-corrected chi connectivity index (χ2v) is 5.08. The van der Waals surface area contributed by atoms with Crippen LogP contribution in [0.4, 0.5) is 4.39 Å². The van der Waals surface area contributed by atoms with E-state index >= 15 is 0 Å². The number of halogens is 1. The van der Waals surface area contributed by atoms with Crippen molar-refractivity contribution >= 4 is 5.91 Å². The van der Waals surface area contributed by atoms with Gasteiger partial charge in [0.1, 0.15) is 12.4 Å². The minimum Gasteiger partial charge on any atom is -0.384 e. The molecular weight excluding hydrogens is 273 g/mol. The zero-order chi connectivity index (χ0) is 15.3. The summed E-state index contributed by atoms with van der Waals surface area (Å²) in [6, 6.07) is 4.05. The van der Waals surface area contributed by atoms with E-state index < -0.39 is 11.7 Å². The molecule has 1 aliphatic rings. The van der Waals surface area contributed by atoms with Gasteiger partial charge in [-0.25, -0.2) is 4.39 Å². The third-order valence-electron chi connectivity index (χ3n) is 3.79. The molecule has 2 rings (SSSR count). The van der Waals surface area contributed by atoms with E-state index in [0.717, 1.165) is 19.3 Å². The summed E-state index contributed by atoms with van der Waals surface area (Å²) in [5, 5.41) is 11.4. The van der Waals surface area contributed by atoms with Gasteiger partial charge in [0, 0.05) is 19.2 Å². The Labute approximate surface area is 123 Å². The number of ether oxygens (including phenoxy) is 1. The number of hydrogen-bond acceptors (Lipinski definition) is 3. The van der Waals surface area contributed by atoms with E-state index in [4.69, 9.17) is 9.84 Å². The van der Waals surface area contributed by atoms with Crippen LogP contribution in [0, 0.1) is 17.7 Å². The first-order chi connectivity index (χ1) is 10.1. The number of amides is 1. The van der Waals surface area contributed by atoms with Crippen LogP contribution in [0.3, 0.4) is 0 Å². The first-order valence-electron chi connectivity index (χ1n) is 6.83. The van der Waals surface area contributed by atoms with Crippen molar-refractivity contribution in [1.29, 1.82) is 0 Å². The molecule has 2 N–H and O–H groups in total. The lowest BCUT2D eigenvalue weighted by atomic mass is 9.80. The van der Waals surface area contributed by atoms with Crippen molar-refractivity contribution in [3.05, 3.63) is 35.1 Å². The summed E-state index contributed by atoms with van der Waals surface area (Å²) in [6.07, 6.45) is 2.87. The van der Waals surface area contributed by atoms with Crippen LogP contribution in [-0.4, -0.2) is 36.9 Å². The van der Waals surface area contributed by atoms with Crippen LogP contribution in [-0.2, 0) is 4.74 Å². The fraction of sp³-hybridized carbons (Fsp3) is 0.438. The van der Waals surface area contributed by atoms with Gasteiger partial charge in [-0.3, -0.25) is 4.79 Å². The van der Waals surface area contributed by atoms with Crippen molar-refractivity contribution in [1.82, 2.24) is 5.32 Å². The monoisotopic (exact) mass is 291 g/mol. The van der Waals surface area contributed by atoms with Crippen LogP contribution >= 0.6 is 0 Å². The van der Waals surface area contributed by atoms with Crippen LogP contribution in [0.15, 0.2) is 18.2 Å². The predicted octanol–water partition coefficient (Wildman–Crippen LogP) is 1.47. The number of rotatable bonds is 4. The molecule has 1 amide bonds. The van der Waals surface area contributed by atoms with Crippen molar-refractivity contribution in [2.45, 2.75) is 24.9 Å². The van der Waals surface area contributed by atoms with Gasteiger partial charge in [0.15, 0.2) is 0 Å². The Morgan fingerprint density at radius 2 is 2.29 bits per heavy atom. The Morgan fingerprint density at radius 1 is 1.52 bits per heavy atom. The summed E-state index contributed by atoms with van der Waals surface area (Å²) in [5.74, 6) is 4.04. The van der Waals surface area contributed by atoms with Crippen LogP contribution in [0.25, 0.3) is 0 Å². The van der Waals surface area contributed by atoms with Gasteiger partial charge in [0.2, 0.25) is 0 Å². The Hall–Kier alpha value is -1.90. The highest BCUT2D eigenvalue weighted by Crippen LogP contribution is 2.34. The van der Waals surface area contributed by atoms with Gasteiger partial charge >= 0.3 is 0 Å². The zero-order valence-electron chi connectivity index (χ0n) is 11.9. The highest BCUT2D eigenvalue weighted by molar-refractivity contribution is 5.94. The fourth-order valence-corrected chi connectivity index (χ4v) is 2.28. The molecule has 5 heteroatoms. The normalized spacial score (nSPS) is 15.6. The molecule has 0 aromatic heterocycles. The topological polar surface area (TPSA) is 58.6 Å². The van der Waals surface area contributed by atoms with E-state index in [2.05, 4.69) is 17.2 Å². The summed E-state index contributed by atoms with van der Waals surface area (Å²) in [5.41, 5.74) is 0.131. The first kappa shape index (κ1) is 15.5. The van der Waals surface area contributed by atoms with Gasteiger partial charge in [-0.1, -0.05) is 11.8 Å². The molecule has 0 saturated heterocycles. The van der Waals surface area contributed by atoms with Gasteiger partial charge in [-0.15, -0.1) is 0 Å². The van der Waals surface area contributed by atoms with Gasteiger partial charge < -0.3 is 15.2 Å². The fourth-order valence-electron chi connectivity index (χ4n) is 2.28. The Balaban J connectivity index is 2.07. The average molecular weight is 291 g/mol. The molecule has 0 aliphatic heterocycles. The second kappa shape index (κ2) is 6.70. The molecule has 0 spiro atoms. The molecule has 0 atom stereocenters. The third-order valence-corrected chi connectivity index (χ3v) is 3.79. The van der Waals surface area contributed by atoms with Crippen molar-refractivity contribution in [2.24, 2.45) is 0 Å². The van der Waals surface area contributed by atoms with E-state index in [1.807, 2.05) is 0 Å². The van der Waals surface area contributed by atoms with Gasteiger partial charge in [0.05, 0.1) is 11.2 Å². The quantitative estimate of drug-likeness (QED) is 0.826. The minimum atomic E-state index is -0.595. The number of aliphatic hydroxyl groups is 1. The van der Waals surface area contributed by atoms with Gasteiger partial charge in [-0.05, 0) is 37.5 Å². The minimum absolute atomic E-state index is 0.0506. The Morgan fingerprint density at radius 3 is 2.86 bits per heavy atom. The first-order valence-corrected chi connectivity index (χ1v) is 6.83. The number of nitrogens with one attached hydrogen (secondary N) is 1. The molecule has 1 aromatic carbocycles. The van der Waals surface area contributed by atoms with Crippen molar-refractivity contribution < 1.29 is 19.0 Å². The number of carbonyl (C=O) groups is 1. The molecule has 0 radical (unpaired) electrons. The Bertz CT molecular complexity index is 579. The molecule has 1 aliphatic carbocycles. The molecule has 1 fully saturated rings. The molecule has 0 unspecified atom stereocenters. The lowest BCUT2D eigenvalue weighted by Crippen LogP contribution is -2.49. The molecule has 21 heavy (non-hydrogen) atoms. The number of carbonyl (C=O) groups excluding carboxylic acids is 1. The number of aliphatic hydroxyl groups excluding tert-OH is 1. The lowest BCUT2D eigenvalue weighted by molar-refractivity contribution is -0.0679. The van der Waals surface area contributed by atoms with E-state index in [0.29, 0.717) is 12.1 Å². The van der Waals surface area contributed by atoms with Crippen LogP contribution in [0.1, 0.15) is 35.2 Å². The maximum atomic E-state index is 13.8. The Kier molecular flexibility index (Phi) is 4.94. The van der Waals surface area contributed by atoms with Crippen LogP contribution in [0.5, 0.6) is 0 Å². The number of benzene rings is 1. The molecule has 112 valence electrons. The van der Waals surface area contributed by atoms with E-state index in [-0.39, 0.29) is 17.8 Å². The predicted molar refractivity (Wildman–Crippen MR) is 76.3 cm³/mol. The molecule has 4 nitrogen and oxygen atoms in total. The van der Waals surface area contributed by atoms with Crippen molar-refractivity contribution in [3.63, 3.8) is 0 Å². The summed E-state index contributed by atoms with van der Waals surface area (Å²) >= 11 is 0. The number of hydrogen-bond donors (Lipinski definition) is 2. The smallest absolute Gasteiger partial charge is 0.254 e. The maximum Gasteiger partial charge on any atom is 0.254 e. The van der Waals surface area contributed by atoms with Gasteiger partial charge in [-0.2, -0.15) is 0 Å². The second-order valence-electron chi connectivity index (χ2n) is 5.08. The SMILES string of the molecule is COC1(CNC(=O)c2cc(C#CCO)ccc2F)CCC1.